The van der Waals surface area contributed by atoms with Gasteiger partial charge in [0.15, 0.2) is 0 Å². The molecule has 1 fully saturated rings. The van der Waals surface area contributed by atoms with Crippen LogP contribution < -0.4 is 10.4 Å². The van der Waals surface area contributed by atoms with Gasteiger partial charge < -0.3 is 45.1 Å². The van der Waals surface area contributed by atoms with E-state index in [1.165, 1.54) is 0 Å². The Balaban J connectivity index is 3.14. The Morgan fingerprint density at radius 3 is 2.50 bits per heavy atom. The van der Waals surface area contributed by atoms with Crippen LogP contribution in [0.5, 0.6) is 0 Å². The van der Waals surface area contributed by atoms with Gasteiger partial charge in [-0.2, -0.15) is 0 Å². The predicted octanol–water partition coefficient (Wildman–Crippen LogP) is -4.55. The first-order chi connectivity index (χ1) is 10.2. The van der Waals surface area contributed by atoms with Crippen molar-refractivity contribution in [2.45, 2.75) is 49.6 Å². The zero-order valence-corrected chi connectivity index (χ0v) is 12.1. The molecule has 0 unspecified atom stereocenters. The van der Waals surface area contributed by atoms with Crippen molar-refractivity contribution >= 4 is 11.9 Å². The molecule has 10 nitrogen and oxygen atoms in total. The minimum atomic E-state index is -2.35. The van der Waals surface area contributed by atoms with E-state index in [9.17, 15) is 30.0 Å². The molecule has 1 heterocycles. The standard InChI is InChI=1S/C12H21NO9/c1-5(15)13-8-6(16)3-12(21-2,11(19)20)22-10(8)9(18)7(17)4-14/h6-10,14,16-18H,3-4H2,1-2H3,(H,13,15)(H,19,20)/p-1/t6-,7-,8-,9-,10-,12-/m1/s1. The highest BCUT2D eigenvalue weighted by Crippen LogP contribution is 2.32. The van der Waals surface area contributed by atoms with Crippen LogP contribution in [0.1, 0.15) is 13.3 Å². The summed E-state index contributed by atoms with van der Waals surface area (Å²) < 4.78 is 9.92. The van der Waals surface area contributed by atoms with Crippen LogP contribution >= 0.6 is 0 Å². The number of aliphatic carboxylic acids is 1. The fourth-order valence-electron chi connectivity index (χ4n) is 2.33. The number of methoxy groups -OCH3 is 1. The number of aliphatic hydroxyl groups is 4. The van der Waals surface area contributed by atoms with Gasteiger partial charge in [-0.1, -0.05) is 0 Å². The number of aliphatic hydroxyl groups excluding tert-OH is 4. The van der Waals surface area contributed by atoms with Crippen molar-refractivity contribution in [1.82, 2.24) is 5.32 Å². The third-order valence-corrected chi connectivity index (χ3v) is 3.50. The van der Waals surface area contributed by atoms with Crippen molar-refractivity contribution in [2.24, 2.45) is 0 Å². The third-order valence-electron chi connectivity index (χ3n) is 3.50. The van der Waals surface area contributed by atoms with Crippen molar-refractivity contribution in [3.8, 4) is 0 Å². The number of carboxylic acid groups (broad SMARTS) is 1. The number of hydrogen-bond donors (Lipinski definition) is 5. The maximum atomic E-state index is 11.2. The van der Waals surface area contributed by atoms with Crippen LogP contribution in [-0.4, -0.2) is 82.3 Å². The number of carboxylic acids is 1. The van der Waals surface area contributed by atoms with Gasteiger partial charge in [0.25, 0.3) is 0 Å². The molecular formula is C12H20NO9-. The Kier molecular flexibility index (Phi) is 6.23. The first-order valence-corrected chi connectivity index (χ1v) is 6.55. The largest absolute Gasteiger partial charge is 0.544 e. The number of rotatable bonds is 6. The summed E-state index contributed by atoms with van der Waals surface area (Å²) in [6.07, 6.45) is -7.03. The highest BCUT2D eigenvalue weighted by molar-refractivity contribution is 5.75. The summed E-state index contributed by atoms with van der Waals surface area (Å²) in [5.41, 5.74) is 0. The summed E-state index contributed by atoms with van der Waals surface area (Å²) in [6, 6.07) is -1.21. The lowest BCUT2D eigenvalue weighted by atomic mass is 9.88. The van der Waals surface area contributed by atoms with E-state index in [0.29, 0.717) is 0 Å². The molecule has 22 heavy (non-hydrogen) atoms. The van der Waals surface area contributed by atoms with E-state index in [0.717, 1.165) is 14.0 Å². The van der Waals surface area contributed by atoms with Crippen molar-refractivity contribution in [3.63, 3.8) is 0 Å². The molecule has 10 heteroatoms. The fraction of sp³-hybridized carbons (Fsp3) is 0.833. The van der Waals surface area contributed by atoms with Gasteiger partial charge in [-0.15, -0.1) is 0 Å². The molecule has 0 spiro atoms. The van der Waals surface area contributed by atoms with Crippen molar-refractivity contribution < 1.29 is 44.6 Å². The molecule has 1 aliphatic rings. The van der Waals surface area contributed by atoms with Gasteiger partial charge in [-0.25, -0.2) is 0 Å². The van der Waals surface area contributed by atoms with Crippen LogP contribution in [0, 0.1) is 0 Å². The van der Waals surface area contributed by atoms with E-state index in [-0.39, 0.29) is 0 Å². The summed E-state index contributed by atoms with van der Waals surface area (Å²) in [6.45, 7) is 0.310. The third kappa shape index (κ3) is 3.72. The summed E-state index contributed by atoms with van der Waals surface area (Å²) in [7, 11) is 1.01. The molecule has 6 atom stereocenters. The van der Waals surface area contributed by atoms with E-state index in [1.54, 1.807) is 0 Å². The lowest BCUT2D eigenvalue weighted by molar-refractivity contribution is -0.378. The van der Waals surface area contributed by atoms with E-state index < -0.39 is 61.1 Å². The monoisotopic (exact) mass is 322 g/mol. The van der Waals surface area contributed by atoms with Crippen LogP contribution in [0.15, 0.2) is 0 Å². The molecule has 1 rings (SSSR count). The molecule has 0 aromatic heterocycles. The van der Waals surface area contributed by atoms with Crippen molar-refractivity contribution in [2.75, 3.05) is 13.7 Å². The minimum Gasteiger partial charge on any atom is -0.544 e. The second kappa shape index (κ2) is 7.31. The van der Waals surface area contributed by atoms with Crippen LogP contribution in [0.2, 0.25) is 0 Å². The summed E-state index contributed by atoms with van der Waals surface area (Å²) in [4.78, 5) is 22.4. The second-order valence-electron chi connectivity index (χ2n) is 5.07. The molecule has 1 amide bonds. The van der Waals surface area contributed by atoms with Gasteiger partial charge in [-0.05, 0) is 0 Å². The molecule has 128 valence electrons. The molecule has 5 N–H and O–H groups in total. The summed E-state index contributed by atoms with van der Waals surface area (Å²) in [5, 5.41) is 52.0. The van der Waals surface area contributed by atoms with Gasteiger partial charge >= 0.3 is 0 Å². The van der Waals surface area contributed by atoms with E-state index in [4.69, 9.17) is 14.6 Å². The highest BCUT2D eigenvalue weighted by atomic mass is 16.7. The first kappa shape index (κ1) is 18.7. The molecule has 1 saturated heterocycles. The zero-order chi connectivity index (χ0) is 17.1. The second-order valence-corrected chi connectivity index (χ2v) is 5.07. The quantitative estimate of drug-likeness (QED) is 0.323. The van der Waals surface area contributed by atoms with E-state index in [1.807, 2.05) is 0 Å². The Labute approximate surface area is 126 Å². The molecule has 0 saturated carbocycles. The molecule has 0 radical (unpaired) electrons. The van der Waals surface area contributed by atoms with Crippen molar-refractivity contribution in [1.29, 1.82) is 0 Å². The maximum Gasteiger partial charge on any atom is 0.217 e. The Morgan fingerprint density at radius 1 is 1.50 bits per heavy atom. The highest BCUT2D eigenvalue weighted by Gasteiger charge is 2.51. The van der Waals surface area contributed by atoms with Crippen LogP contribution in [0.3, 0.4) is 0 Å². The topological polar surface area (TPSA) is 169 Å². The number of hydrogen-bond acceptors (Lipinski definition) is 9. The number of ether oxygens (including phenoxy) is 2. The maximum absolute atomic E-state index is 11.2. The van der Waals surface area contributed by atoms with Gasteiger partial charge in [0.05, 0.1) is 18.8 Å². The average molecular weight is 322 g/mol. The lowest BCUT2D eigenvalue weighted by Crippen LogP contribution is -2.69. The number of carbonyl (C=O) groups excluding carboxylic acids is 2. The molecule has 1 aliphatic heterocycles. The zero-order valence-electron chi connectivity index (χ0n) is 12.1. The summed E-state index contributed by atoms with van der Waals surface area (Å²) in [5.74, 6) is -4.71. The Bertz CT molecular complexity index is 417. The number of carbonyl (C=O) groups is 2. The van der Waals surface area contributed by atoms with Crippen molar-refractivity contribution in [3.05, 3.63) is 0 Å². The van der Waals surface area contributed by atoms with Crippen LogP contribution in [0.25, 0.3) is 0 Å². The van der Waals surface area contributed by atoms with E-state index >= 15 is 0 Å². The molecule has 0 aromatic rings. The first-order valence-electron chi connectivity index (χ1n) is 6.55. The number of amides is 1. The predicted molar refractivity (Wildman–Crippen MR) is 66.9 cm³/mol. The molecule has 0 aliphatic carbocycles. The minimum absolute atomic E-state index is 0.560. The normalized spacial score (nSPS) is 34.7. The molecular weight excluding hydrogens is 302 g/mol. The van der Waals surface area contributed by atoms with Gasteiger partial charge in [0.2, 0.25) is 11.7 Å². The molecule has 0 aromatic carbocycles. The average Bonchev–Trinajstić information content (AvgIpc) is 2.46. The Hall–Kier alpha value is -1.30. The van der Waals surface area contributed by atoms with Crippen LogP contribution in [0.4, 0.5) is 0 Å². The van der Waals surface area contributed by atoms with E-state index in [2.05, 4.69) is 5.32 Å². The van der Waals surface area contributed by atoms with Crippen LogP contribution in [-0.2, 0) is 19.1 Å². The fourth-order valence-corrected chi connectivity index (χ4v) is 2.33. The smallest absolute Gasteiger partial charge is 0.217 e. The Morgan fingerprint density at radius 2 is 2.09 bits per heavy atom. The SMILES string of the molecule is CO[C@]1(C(=O)[O-])C[C@@H](O)[C@@H](NC(C)=O)[C@H]([C@H](O)[C@H](O)CO)O1. The van der Waals surface area contributed by atoms with Gasteiger partial charge in [0.1, 0.15) is 24.3 Å². The van der Waals surface area contributed by atoms with Gasteiger partial charge in [0, 0.05) is 20.5 Å². The molecule has 0 bridgehead atoms. The summed E-state index contributed by atoms with van der Waals surface area (Å²) >= 11 is 0. The van der Waals surface area contributed by atoms with Gasteiger partial charge in [-0.3, -0.25) is 4.79 Å². The number of nitrogens with one attached hydrogen (secondary N) is 1. The lowest BCUT2D eigenvalue weighted by Gasteiger charge is -2.48.